The molecule has 4 heterocycles. The van der Waals surface area contributed by atoms with Crippen molar-refractivity contribution in [1.82, 2.24) is 8.96 Å². The summed E-state index contributed by atoms with van der Waals surface area (Å²) in [6, 6.07) is 8.53. The molecule has 29 heavy (non-hydrogen) atoms. The molecule has 0 unspecified atom stereocenters. The SMILES string of the molecule is CC1(C)OB(c2cnc3c(c2)c(-c2cccc4c2OCC4)cn3SI)OC1(C)C. The number of fused-ring (bicyclic) bond motifs is 2. The first-order chi connectivity index (χ1) is 13.8. The summed E-state index contributed by atoms with van der Waals surface area (Å²) < 4.78 is 20.6. The number of ether oxygens (including phenoxy) is 1. The van der Waals surface area contributed by atoms with Gasteiger partial charge in [0.2, 0.25) is 0 Å². The van der Waals surface area contributed by atoms with Crippen molar-refractivity contribution in [1.29, 1.82) is 0 Å². The molecule has 1 fully saturated rings. The molecule has 1 saturated heterocycles. The van der Waals surface area contributed by atoms with Gasteiger partial charge in [-0.3, -0.25) is 3.97 Å². The minimum absolute atomic E-state index is 0.381. The van der Waals surface area contributed by atoms with Gasteiger partial charge >= 0.3 is 7.12 Å². The number of hydrogen-bond donors (Lipinski definition) is 0. The zero-order valence-electron chi connectivity index (χ0n) is 16.9. The molecule has 5 rings (SSSR count). The van der Waals surface area contributed by atoms with E-state index in [1.807, 2.05) is 6.20 Å². The second-order valence-electron chi connectivity index (χ2n) is 8.56. The number of benzene rings is 1. The van der Waals surface area contributed by atoms with E-state index in [1.165, 1.54) is 5.56 Å². The summed E-state index contributed by atoms with van der Waals surface area (Å²) in [5.74, 6) is 0.992. The topological polar surface area (TPSA) is 45.5 Å². The van der Waals surface area contributed by atoms with Gasteiger partial charge in [0.05, 0.1) is 17.8 Å². The summed E-state index contributed by atoms with van der Waals surface area (Å²) >= 11 is 2.29. The van der Waals surface area contributed by atoms with E-state index in [9.17, 15) is 0 Å². The van der Waals surface area contributed by atoms with Gasteiger partial charge in [-0.15, -0.1) is 0 Å². The lowest BCUT2D eigenvalue weighted by molar-refractivity contribution is 0.00578. The highest BCUT2D eigenvalue weighted by molar-refractivity contribution is 14.2. The average molecular weight is 520 g/mol. The third-order valence-corrected chi connectivity index (χ3v) is 7.94. The van der Waals surface area contributed by atoms with Crippen LogP contribution in [0.5, 0.6) is 5.75 Å². The van der Waals surface area contributed by atoms with E-state index >= 15 is 0 Å². The first-order valence-corrected chi connectivity index (χ1v) is 13.0. The Hall–Kier alpha value is -1.23. The Bertz CT molecular complexity index is 1100. The maximum atomic E-state index is 6.25. The fourth-order valence-corrected chi connectivity index (χ4v) is 5.15. The Kier molecular flexibility index (Phi) is 4.69. The van der Waals surface area contributed by atoms with Gasteiger partial charge < -0.3 is 14.0 Å². The van der Waals surface area contributed by atoms with Gasteiger partial charge in [-0.05, 0) is 39.3 Å². The van der Waals surface area contributed by atoms with Gasteiger partial charge in [0.25, 0.3) is 0 Å². The molecule has 0 amide bonds. The molecule has 1 aromatic carbocycles. The summed E-state index contributed by atoms with van der Waals surface area (Å²) in [5, 5.41) is 1.07. The molecule has 5 nitrogen and oxygen atoms in total. The maximum absolute atomic E-state index is 6.25. The molecule has 8 heteroatoms. The Balaban J connectivity index is 1.65. The van der Waals surface area contributed by atoms with Crippen LogP contribution in [0.3, 0.4) is 0 Å². The fraction of sp³-hybridized carbons (Fsp3) is 0.381. The van der Waals surface area contributed by atoms with Gasteiger partial charge in [0.15, 0.2) is 5.65 Å². The van der Waals surface area contributed by atoms with E-state index in [4.69, 9.17) is 19.0 Å². The van der Waals surface area contributed by atoms with E-state index in [-0.39, 0.29) is 11.2 Å². The predicted molar refractivity (Wildman–Crippen MR) is 127 cm³/mol. The van der Waals surface area contributed by atoms with Gasteiger partial charge in [-0.2, -0.15) is 0 Å². The molecule has 0 saturated carbocycles. The van der Waals surface area contributed by atoms with Crippen molar-refractivity contribution in [2.75, 3.05) is 6.61 Å². The number of hydrogen-bond acceptors (Lipinski definition) is 5. The van der Waals surface area contributed by atoms with Crippen molar-refractivity contribution >= 4 is 53.9 Å². The zero-order valence-corrected chi connectivity index (χ0v) is 19.8. The van der Waals surface area contributed by atoms with Crippen LogP contribution in [0.4, 0.5) is 0 Å². The average Bonchev–Trinajstić information content (AvgIpc) is 3.35. The van der Waals surface area contributed by atoms with E-state index in [2.05, 4.69) is 83.3 Å². The van der Waals surface area contributed by atoms with Crippen molar-refractivity contribution < 1.29 is 14.0 Å². The lowest BCUT2D eigenvalue weighted by atomic mass is 9.79. The van der Waals surface area contributed by atoms with E-state index in [0.29, 0.717) is 0 Å². The van der Waals surface area contributed by atoms with Gasteiger partial charge in [-0.25, -0.2) is 4.98 Å². The normalized spacial score (nSPS) is 19.6. The van der Waals surface area contributed by atoms with Crippen molar-refractivity contribution in [3.05, 3.63) is 42.2 Å². The minimum Gasteiger partial charge on any atom is -0.492 e. The minimum atomic E-state index is -0.432. The van der Waals surface area contributed by atoms with Crippen molar-refractivity contribution in [2.24, 2.45) is 0 Å². The summed E-state index contributed by atoms with van der Waals surface area (Å²) in [7, 11) is 1.17. The molecule has 0 bridgehead atoms. The number of nitrogens with zero attached hydrogens (tertiary/aromatic N) is 2. The molecule has 2 aliphatic rings. The van der Waals surface area contributed by atoms with E-state index < -0.39 is 7.12 Å². The van der Waals surface area contributed by atoms with Crippen LogP contribution in [0.25, 0.3) is 22.2 Å². The molecule has 3 aromatic rings. The highest BCUT2D eigenvalue weighted by atomic mass is 127. The third-order valence-electron chi connectivity index (χ3n) is 6.24. The Morgan fingerprint density at radius 2 is 1.90 bits per heavy atom. The first-order valence-electron chi connectivity index (χ1n) is 9.71. The largest absolute Gasteiger partial charge is 0.496 e. The van der Waals surface area contributed by atoms with Crippen LogP contribution in [-0.2, 0) is 15.7 Å². The molecule has 2 aliphatic heterocycles. The molecule has 0 aliphatic carbocycles. The molecular formula is C21H22BIN2O3S. The number of halogens is 1. The van der Waals surface area contributed by atoms with E-state index in [0.717, 1.165) is 46.4 Å². The highest BCUT2D eigenvalue weighted by Crippen LogP contribution is 2.42. The predicted octanol–water partition coefficient (Wildman–Crippen LogP) is 4.78. The standard InChI is InChI=1S/C21H22BIN2O3S/c1-20(2)21(3,4)28-22(27-20)14-10-16-17(12-25(29-23)19(16)24-11-14)15-7-5-6-13-8-9-26-18(13)15/h5-7,10-12H,8-9H2,1-4H3. The number of aromatic nitrogens is 2. The second kappa shape index (κ2) is 6.90. The summed E-state index contributed by atoms with van der Waals surface area (Å²) in [6.07, 6.45) is 4.96. The molecule has 2 aromatic heterocycles. The van der Waals surface area contributed by atoms with E-state index in [1.54, 1.807) is 9.12 Å². The van der Waals surface area contributed by atoms with Crippen LogP contribution < -0.4 is 10.2 Å². The van der Waals surface area contributed by atoms with Crippen LogP contribution in [0.15, 0.2) is 36.7 Å². The van der Waals surface area contributed by atoms with Crippen LogP contribution in [0, 0.1) is 0 Å². The van der Waals surface area contributed by atoms with Gasteiger partial charge in [0.1, 0.15) is 5.75 Å². The summed E-state index contributed by atoms with van der Waals surface area (Å²) in [6.45, 7) is 9.01. The van der Waals surface area contributed by atoms with Gasteiger partial charge in [0, 0.05) is 71.1 Å². The monoisotopic (exact) mass is 520 g/mol. The van der Waals surface area contributed by atoms with Crippen molar-refractivity contribution in [2.45, 2.75) is 45.3 Å². The Morgan fingerprint density at radius 1 is 1.14 bits per heavy atom. The van der Waals surface area contributed by atoms with Crippen molar-refractivity contribution in [3.63, 3.8) is 0 Å². The lowest BCUT2D eigenvalue weighted by Crippen LogP contribution is -2.41. The molecule has 0 radical (unpaired) electrons. The maximum Gasteiger partial charge on any atom is 0.496 e. The summed E-state index contributed by atoms with van der Waals surface area (Å²) in [4.78, 5) is 4.77. The third kappa shape index (κ3) is 3.10. The first kappa shape index (κ1) is 19.7. The zero-order chi connectivity index (χ0) is 20.4. The quantitative estimate of drug-likeness (QED) is 0.368. The fourth-order valence-electron chi connectivity index (χ4n) is 3.90. The van der Waals surface area contributed by atoms with Crippen LogP contribution in [0.1, 0.15) is 33.3 Å². The molecule has 150 valence electrons. The number of pyridine rings is 1. The summed E-state index contributed by atoms with van der Waals surface area (Å²) in [5.41, 5.74) is 4.59. The lowest BCUT2D eigenvalue weighted by Gasteiger charge is -2.32. The molecule has 0 atom stereocenters. The van der Waals surface area contributed by atoms with Crippen molar-refractivity contribution in [3.8, 4) is 16.9 Å². The molecule has 0 spiro atoms. The van der Waals surface area contributed by atoms with Crippen LogP contribution in [-0.4, -0.2) is 33.9 Å². The highest BCUT2D eigenvalue weighted by Gasteiger charge is 2.51. The van der Waals surface area contributed by atoms with Crippen LogP contribution >= 0.6 is 30.3 Å². The molecular weight excluding hydrogens is 498 g/mol. The second-order valence-corrected chi connectivity index (χ2v) is 10.3. The number of rotatable bonds is 3. The smallest absolute Gasteiger partial charge is 0.492 e. The van der Waals surface area contributed by atoms with Crippen LogP contribution in [0.2, 0.25) is 0 Å². The molecule has 0 N–H and O–H groups in total. The van der Waals surface area contributed by atoms with Gasteiger partial charge in [-0.1, -0.05) is 18.2 Å². The Labute approximate surface area is 187 Å². The Morgan fingerprint density at radius 3 is 2.62 bits per heavy atom. The number of para-hydroxylation sites is 1.